The molecule has 0 aliphatic heterocycles. The van der Waals surface area contributed by atoms with E-state index in [0.29, 0.717) is 23.7 Å². The summed E-state index contributed by atoms with van der Waals surface area (Å²) in [5, 5.41) is 6.73. The van der Waals surface area contributed by atoms with E-state index >= 15 is 0 Å². The van der Waals surface area contributed by atoms with Crippen molar-refractivity contribution >= 4 is 39.4 Å². The van der Waals surface area contributed by atoms with E-state index in [-0.39, 0.29) is 5.91 Å². The Labute approximate surface area is 167 Å². The van der Waals surface area contributed by atoms with Crippen LogP contribution in [-0.2, 0) is 13.6 Å². The van der Waals surface area contributed by atoms with Gasteiger partial charge in [-0.05, 0) is 46.3 Å². The molecule has 1 heterocycles. The number of amides is 1. The quantitative estimate of drug-likeness (QED) is 0.412. The molecule has 0 atom stereocenters. The predicted molar refractivity (Wildman–Crippen MR) is 110 cm³/mol. The highest BCUT2D eigenvalue weighted by atomic mass is 79.9. The lowest BCUT2D eigenvalue weighted by Crippen LogP contribution is -2.42. The van der Waals surface area contributed by atoms with E-state index in [9.17, 15) is 4.79 Å². The van der Waals surface area contributed by atoms with Crippen molar-refractivity contribution in [3.63, 3.8) is 0 Å². The Kier molecular flexibility index (Phi) is 7.53. The second-order valence-electron chi connectivity index (χ2n) is 5.85. The molecular formula is C18H23BrClN5O. The molecular weight excluding hydrogens is 418 g/mol. The van der Waals surface area contributed by atoms with Crippen molar-refractivity contribution in [2.45, 2.75) is 6.54 Å². The van der Waals surface area contributed by atoms with Crippen LogP contribution >= 0.6 is 27.5 Å². The molecule has 0 bridgehead atoms. The number of carbonyl (C=O) groups excluding carboxylic acids is 1. The van der Waals surface area contributed by atoms with E-state index in [4.69, 9.17) is 11.6 Å². The third-order valence-corrected chi connectivity index (χ3v) is 4.53. The maximum atomic E-state index is 12.1. The number of nitrogens with one attached hydrogen (secondary N) is 2. The zero-order valence-electron chi connectivity index (χ0n) is 15.1. The van der Waals surface area contributed by atoms with E-state index < -0.39 is 0 Å². The van der Waals surface area contributed by atoms with Gasteiger partial charge in [-0.25, -0.2) is 0 Å². The Balaban J connectivity index is 1.78. The van der Waals surface area contributed by atoms with Gasteiger partial charge in [-0.1, -0.05) is 11.6 Å². The molecule has 2 aromatic rings. The summed E-state index contributed by atoms with van der Waals surface area (Å²) < 4.78 is 3.12. The predicted octanol–water partition coefficient (Wildman–Crippen LogP) is 2.88. The Hall–Kier alpha value is -1.99. The summed E-state index contributed by atoms with van der Waals surface area (Å²) in [6, 6.07) is 8.89. The molecule has 140 valence electrons. The summed E-state index contributed by atoms with van der Waals surface area (Å²) in [4.78, 5) is 18.4. The second-order valence-corrected chi connectivity index (χ2v) is 7.21. The second kappa shape index (κ2) is 9.64. The zero-order chi connectivity index (χ0) is 19.1. The highest BCUT2D eigenvalue weighted by molar-refractivity contribution is 9.10. The lowest BCUT2D eigenvalue weighted by molar-refractivity contribution is 0.0954. The van der Waals surface area contributed by atoms with Crippen LogP contribution in [-0.4, -0.2) is 48.5 Å². The molecule has 6 nitrogen and oxygen atoms in total. The van der Waals surface area contributed by atoms with Gasteiger partial charge < -0.3 is 20.1 Å². The van der Waals surface area contributed by atoms with Crippen molar-refractivity contribution in [3.05, 3.63) is 57.3 Å². The minimum atomic E-state index is -0.125. The van der Waals surface area contributed by atoms with Crippen molar-refractivity contribution in [1.82, 2.24) is 20.1 Å². The van der Waals surface area contributed by atoms with Crippen LogP contribution in [0.1, 0.15) is 16.1 Å². The Bertz CT molecular complexity index is 772. The zero-order valence-corrected chi connectivity index (χ0v) is 17.4. The molecule has 0 fully saturated rings. The summed E-state index contributed by atoms with van der Waals surface area (Å²) >= 11 is 9.31. The molecule has 0 aliphatic rings. The highest BCUT2D eigenvalue weighted by Gasteiger charge is 2.10. The van der Waals surface area contributed by atoms with E-state index in [1.807, 2.05) is 25.2 Å². The van der Waals surface area contributed by atoms with E-state index in [1.54, 1.807) is 31.3 Å². The maximum Gasteiger partial charge on any atom is 0.251 e. The van der Waals surface area contributed by atoms with Crippen LogP contribution in [0.4, 0.5) is 0 Å². The van der Waals surface area contributed by atoms with Crippen molar-refractivity contribution in [1.29, 1.82) is 0 Å². The third kappa shape index (κ3) is 5.78. The van der Waals surface area contributed by atoms with Gasteiger partial charge >= 0.3 is 0 Å². The number of hydrogen-bond donors (Lipinski definition) is 2. The molecule has 1 amide bonds. The largest absolute Gasteiger partial charge is 0.354 e. The molecule has 0 unspecified atom stereocenters. The van der Waals surface area contributed by atoms with E-state index in [1.165, 1.54) is 5.69 Å². The Morgan fingerprint density at radius 1 is 1.27 bits per heavy atom. The van der Waals surface area contributed by atoms with E-state index in [0.717, 1.165) is 17.0 Å². The Morgan fingerprint density at radius 3 is 2.50 bits per heavy atom. The first-order chi connectivity index (χ1) is 12.4. The SMILES string of the molecule is CN=C(NCCNC(=O)c1ccc(Cl)cc1)N(C)Cc1cc(Br)cn1C. The molecule has 1 aromatic carbocycles. The summed E-state index contributed by atoms with van der Waals surface area (Å²) in [5.74, 6) is 0.642. The van der Waals surface area contributed by atoms with Crippen LogP contribution in [0.25, 0.3) is 0 Å². The van der Waals surface area contributed by atoms with Gasteiger partial charge in [0.05, 0.1) is 6.54 Å². The standard InChI is InChI=1S/C18H23BrClN5O/c1-21-18(25(3)12-16-10-14(19)11-24(16)2)23-9-8-22-17(26)13-4-6-15(20)7-5-13/h4-7,10-11H,8-9,12H2,1-3H3,(H,21,23)(H,22,26). The molecule has 2 rings (SSSR count). The summed E-state index contributed by atoms with van der Waals surface area (Å²) in [6.45, 7) is 1.79. The number of aromatic nitrogens is 1. The number of halogens is 2. The molecule has 0 radical (unpaired) electrons. The molecule has 0 aliphatic carbocycles. The number of hydrogen-bond acceptors (Lipinski definition) is 2. The summed E-state index contributed by atoms with van der Waals surface area (Å²) in [6.07, 6.45) is 2.02. The van der Waals surface area contributed by atoms with Crippen molar-refractivity contribution in [2.75, 3.05) is 27.2 Å². The average Bonchev–Trinajstić information content (AvgIpc) is 2.92. The van der Waals surface area contributed by atoms with Gasteiger partial charge in [0.2, 0.25) is 0 Å². The first-order valence-electron chi connectivity index (χ1n) is 8.17. The number of nitrogens with zero attached hydrogens (tertiary/aromatic N) is 3. The fraction of sp³-hybridized carbons (Fsp3) is 0.333. The van der Waals surface area contributed by atoms with Gasteiger partial charge in [0, 0.05) is 61.2 Å². The lowest BCUT2D eigenvalue weighted by Gasteiger charge is -2.22. The fourth-order valence-electron chi connectivity index (χ4n) is 2.48. The molecule has 1 aromatic heterocycles. The minimum Gasteiger partial charge on any atom is -0.354 e. The normalized spacial score (nSPS) is 11.3. The van der Waals surface area contributed by atoms with Crippen LogP contribution in [0.15, 0.2) is 46.0 Å². The number of benzene rings is 1. The first kappa shape index (κ1) is 20.3. The van der Waals surface area contributed by atoms with Crippen molar-refractivity contribution in [3.8, 4) is 0 Å². The van der Waals surface area contributed by atoms with Gasteiger partial charge in [0.15, 0.2) is 5.96 Å². The topological polar surface area (TPSA) is 61.7 Å². The number of aliphatic imine (C=N–C) groups is 1. The molecule has 26 heavy (non-hydrogen) atoms. The smallest absolute Gasteiger partial charge is 0.251 e. The summed E-state index contributed by atoms with van der Waals surface area (Å²) in [7, 11) is 5.73. The number of rotatable bonds is 6. The van der Waals surface area contributed by atoms with Gasteiger partial charge in [-0.2, -0.15) is 0 Å². The Morgan fingerprint density at radius 2 is 1.92 bits per heavy atom. The average molecular weight is 441 g/mol. The molecule has 2 N–H and O–H groups in total. The first-order valence-corrected chi connectivity index (χ1v) is 9.34. The number of carbonyl (C=O) groups is 1. The van der Waals surface area contributed by atoms with Gasteiger partial charge in [-0.3, -0.25) is 9.79 Å². The van der Waals surface area contributed by atoms with Crippen LogP contribution in [0.3, 0.4) is 0 Å². The van der Waals surface area contributed by atoms with Crippen LogP contribution in [0, 0.1) is 0 Å². The maximum absolute atomic E-state index is 12.1. The summed E-state index contributed by atoms with van der Waals surface area (Å²) in [5.41, 5.74) is 1.75. The molecule has 0 saturated heterocycles. The van der Waals surface area contributed by atoms with Crippen molar-refractivity contribution < 1.29 is 4.79 Å². The van der Waals surface area contributed by atoms with Gasteiger partial charge in [0.1, 0.15) is 0 Å². The monoisotopic (exact) mass is 439 g/mol. The van der Waals surface area contributed by atoms with Crippen LogP contribution in [0.5, 0.6) is 0 Å². The lowest BCUT2D eigenvalue weighted by atomic mass is 10.2. The van der Waals surface area contributed by atoms with Gasteiger partial charge in [0.25, 0.3) is 5.91 Å². The molecule has 8 heteroatoms. The van der Waals surface area contributed by atoms with E-state index in [2.05, 4.69) is 42.2 Å². The fourth-order valence-corrected chi connectivity index (χ4v) is 3.18. The number of aryl methyl sites for hydroxylation is 1. The van der Waals surface area contributed by atoms with Crippen LogP contribution in [0.2, 0.25) is 5.02 Å². The van der Waals surface area contributed by atoms with Crippen molar-refractivity contribution in [2.24, 2.45) is 12.0 Å². The van der Waals surface area contributed by atoms with Crippen LogP contribution < -0.4 is 10.6 Å². The number of guanidine groups is 1. The third-order valence-electron chi connectivity index (χ3n) is 3.85. The molecule has 0 saturated carbocycles. The minimum absolute atomic E-state index is 0.125. The molecule has 0 spiro atoms. The highest BCUT2D eigenvalue weighted by Crippen LogP contribution is 2.15. The van der Waals surface area contributed by atoms with Gasteiger partial charge in [-0.15, -0.1) is 0 Å².